The second kappa shape index (κ2) is 6.13. The molecule has 0 aromatic carbocycles. The van der Waals surface area contributed by atoms with E-state index >= 15 is 0 Å². The van der Waals surface area contributed by atoms with E-state index in [9.17, 15) is 0 Å². The molecule has 2 aromatic heterocycles. The van der Waals surface area contributed by atoms with Gasteiger partial charge in [-0.25, -0.2) is 4.98 Å². The van der Waals surface area contributed by atoms with E-state index in [4.69, 9.17) is 11.6 Å². The van der Waals surface area contributed by atoms with Gasteiger partial charge in [-0.2, -0.15) is 24.7 Å². The molecule has 3 rings (SSSR count). The van der Waals surface area contributed by atoms with Crippen LogP contribution in [0, 0.1) is 5.92 Å². The predicted molar refractivity (Wildman–Crippen MR) is 74.8 cm³/mol. The zero-order chi connectivity index (χ0) is 13.8. The number of nitrogens with zero attached hydrogens (tertiary/aromatic N) is 6. The molecule has 2 aromatic rings. The molecule has 1 saturated carbocycles. The van der Waals surface area contributed by atoms with Crippen molar-refractivity contribution in [3.05, 3.63) is 17.9 Å². The minimum atomic E-state index is 0.147. The highest BCUT2D eigenvalue weighted by Gasteiger charge is 2.14. The van der Waals surface area contributed by atoms with Crippen molar-refractivity contribution >= 4 is 17.5 Å². The summed E-state index contributed by atoms with van der Waals surface area (Å²) in [4.78, 5) is 16.2. The van der Waals surface area contributed by atoms with E-state index in [-0.39, 0.29) is 5.28 Å². The number of hydrogen-bond acceptors (Lipinski definition) is 6. The quantitative estimate of drug-likeness (QED) is 0.909. The number of anilines is 1. The Hall–Kier alpha value is -1.76. The summed E-state index contributed by atoms with van der Waals surface area (Å²) >= 11 is 5.91. The van der Waals surface area contributed by atoms with Crippen molar-refractivity contribution in [1.29, 1.82) is 0 Å². The van der Waals surface area contributed by atoms with E-state index < -0.39 is 0 Å². The maximum atomic E-state index is 5.91. The summed E-state index contributed by atoms with van der Waals surface area (Å²) in [6.07, 6.45) is 9.48. The van der Waals surface area contributed by atoms with Crippen molar-refractivity contribution in [1.82, 2.24) is 29.7 Å². The van der Waals surface area contributed by atoms with Crippen LogP contribution in [0.25, 0.3) is 5.95 Å². The van der Waals surface area contributed by atoms with Crippen LogP contribution in [0.3, 0.4) is 0 Å². The topological polar surface area (TPSA) is 81.4 Å². The van der Waals surface area contributed by atoms with Crippen molar-refractivity contribution in [2.24, 2.45) is 5.92 Å². The fraction of sp³-hybridized carbons (Fsp3) is 0.583. The number of aromatic nitrogens is 6. The van der Waals surface area contributed by atoms with Gasteiger partial charge in [-0.05, 0) is 23.9 Å². The molecule has 2 heterocycles. The molecule has 1 aliphatic rings. The van der Waals surface area contributed by atoms with Gasteiger partial charge in [-0.15, -0.1) is 0 Å². The Balaban J connectivity index is 1.63. The largest absolute Gasteiger partial charge is 0.354 e. The molecule has 20 heavy (non-hydrogen) atoms. The Labute approximate surface area is 121 Å². The number of hydrogen-bond donors (Lipinski definition) is 1. The lowest BCUT2D eigenvalue weighted by atomic mass is 10.0. The molecule has 106 valence electrons. The lowest BCUT2D eigenvalue weighted by Gasteiger charge is -2.10. The summed E-state index contributed by atoms with van der Waals surface area (Å²) < 4.78 is 1.45. The maximum Gasteiger partial charge on any atom is 0.258 e. The molecular weight excluding hydrogens is 278 g/mol. The molecule has 0 atom stereocenters. The Morgan fingerprint density at radius 1 is 1.25 bits per heavy atom. The number of rotatable bonds is 5. The van der Waals surface area contributed by atoms with E-state index in [1.165, 1.54) is 43.0 Å². The minimum Gasteiger partial charge on any atom is -0.354 e. The van der Waals surface area contributed by atoms with Gasteiger partial charge in [0.15, 0.2) is 0 Å². The Kier molecular flexibility index (Phi) is 4.05. The molecule has 8 heteroatoms. The summed E-state index contributed by atoms with van der Waals surface area (Å²) in [6.45, 7) is 0.849. The summed E-state index contributed by atoms with van der Waals surface area (Å²) in [5.74, 6) is 1.67. The standard InChI is InChI=1S/C12H16ClN7/c13-10-17-11(15-6-5-9-3-1-2-4-9)19-12(18-10)20-8-14-7-16-20/h7-9H,1-6H2,(H,15,17,18,19). The third-order valence-electron chi connectivity index (χ3n) is 3.53. The van der Waals surface area contributed by atoms with Crippen LogP contribution in [-0.2, 0) is 0 Å². The second-order valence-electron chi connectivity index (χ2n) is 4.93. The third kappa shape index (κ3) is 3.22. The van der Waals surface area contributed by atoms with Crippen LogP contribution in [0.15, 0.2) is 12.7 Å². The molecule has 0 radical (unpaired) electrons. The van der Waals surface area contributed by atoms with Gasteiger partial charge in [0.05, 0.1) is 0 Å². The van der Waals surface area contributed by atoms with E-state index in [0.717, 1.165) is 18.9 Å². The second-order valence-corrected chi connectivity index (χ2v) is 5.27. The van der Waals surface area contributed by atoms with E-state index in [1.807, 2.05) is 0 Å². The van der Waals surface area contributed by atoms with Crippen LogP contribution < -0.4 is 5.32 Å². The van der Waals surface area contributed by atoms with Gasteiger partial charge in [0.2, 0.25) is 11.2 Å². The van der Waals surface area contributed by atoms with Gasteiger partial charge in [-0.3, -0.25) is 0 Å². The lowest BCUT2D eigenvalue weighted by Crippen LogP contribution is -2.12. The molecule has 0 amide bonds. The smallest absolute Gasteiger partial charge is 0.258 e. The highest BCUT2D eigenvalue weighted by molar-refractivity contribution is 6.28. The summed E-state index contributed by atoms with van der Waals surface area (Å²) in [6, 6.07) is 0. The SMILES string of the molecule is Clc1nc(NCCC2CCCC2)nc(-n2cncn2)n1. The van der Waals surface area contributed by atoms with Crippen molar-refractivity contribution in [3.63, 3.8) is 0 Å². The van der Waals surface area contributed by atoms with Crippen molar-refractivity contribution in [2.45, 2.75) is 32.1 Å². The third-order valence-corrected chi connectivity index (χ3v) is 3.70. The summed E-state index contributed by atoms with van der Waals surface area (Å²) in [7, 11) is 0. The van der Waals surface area contributed by atoms with E-state index in [1.54, 1.807) is 0 Å². The molecule has 0 saturated heterocycles. The lowest BCUT2D eigenvalue weighted by molar-refractivity contribution is 0.518. The highest BCUT2D eigenvalue weighted by Crippen LogP contribution is 2.27. The number of nitrogens with one attached hydrogen (secondary N) is 1. The molecule has 1 aliphatic carbocycles. The average molecular weight is 294 g/mol. The average Bonchev–Trinajstić information content (AvgIpc) is 3.11. The van der Waals surface area contributed by atoms with Crippen LogP contribution in [-0.4, -0.2) is 36.3 Å². The first-order valence-corrected chi connectivity index (χ1v) is 7.19. The summed E-state index contributed by atoms with van der Waals surface area (Å²) in [5, 5.41) is 7.33. The van der Waals surface area contributed by atoms with Gasteiger partial charge < -0.3 is 5.32 Å². The van der Waals surface area contributed by atoms with Gasteiger partial charge >= 0.3 is 0 Å². The van der Waals surface area contributed by atoms with Crippen LogP contribution in [0.2, 0.25) is 5.28 Å². The Morgan fingerprint density at radius 3 is 2.85 bits per heavy atom. The van der Waals surface area contributed by atoms with E-state index in [0.29, 0.717) is 11.9 Å². The van der Waals surface area contributed by atoms with Gasteiger partial charge in [-0.1, -0.05) is 25.7 Å². The molecule has 1 N–H and O–H groups in total. The predicted octanol–water partition coefficient (Wildman–Crippen LogP) is 2.10. The van der Waals surface area contributed by atoms with Crippen LogP contribution in [0.4, 0.5) is 5.95 Å². The van der Waals surface area contributed by atoms with Crippen LogP contribution in [0.5, 0.6) is 0 Å². The van der Waals surface area contributed by atoms with Gasteiger partial charge in [0.25, 0.3) is 5.95 Å². The van der Waals surface area contributed by atoms with Gasteiger partial charge in [0, 0.05) is 6.54 Å². The maximum absolute atomic E-state index is 5.91. The summed E-state index contributed by atoms with van der Waals surface area (Å²) in [5.41, 5.74) is 0. The van der Waals surface area contributed by atoms with Crippen molar-refractivity contribution in [2.75, 3.05) is 11.9 Å². The van der Waals surface area contributed by atoms with Crippen LogP contribution in [0.1, 0.15) is 32.1 Å². The Morgan fingerprint density at radius 2 is 2.10 bits per heavy atom. The first-order valence-electron chi connectivity index (χ1n) is 6.82. The first kappa shape index (κ1) is 13.2. The highest BCUT2D eigenvalue weighted by atomic mass is 35.5. The molecule has 7 nitrogen and oxygen atoms in total. The zero-order valence-electron chi connectivity index (χ0n) is 11.0. The van der Waals surface area contributed by atoms with Crippen LogP contribution >= 0.6 is 11.6 Å². The molecule has 0 aliphatic heterocycles. The minimum absolute atomic E-state index is 0.147. The molecule has 0 bridgehead atoms. The van der Waals surface area contributed by atoms with E-state index in [2.05, 4.69) is 30.4 Å². The fourth-order valence-corrected chi connectivity index (χ4v) is 2.68. The molecule has 0 unspecified atom stereocenters. The monoisotopic (exact) mass is 293 g/mol. The number of halogens is 1. The van der Waals surface area contributed by atoms with Gasteiger partial charge in [0.1, 0.15) is 12.7 Å². The Bertz CT molecular complexity index is 551. The molecule has 1 fully saturated rings. The molecular formula is C12H16ClN7. The van der Waals surface area contributed by atoms with Crippen molar-refractivity contribution < 1.29 is 0 Å². The normalized spacial score (nSPS) is 15.7. The first-order chi connectivity index (χ1) is 9.81. The molecule has 0 spiro atoms. The zero-order valence-corrected chi connectivity index (χ0v) is 11.8. The van der Waals surface area contributed by atoms with Crippen molar-refractivity contribution in [3.8, 4) is 5.95 Å². The fourth-order valence-electron chi connectivity index (χ4n) is 2.52.